The Bertz CT molecular complexity index is 1280. The van der Waals surface area contributed by atoms with Crippen LogP contribution in [0.4, 0.5) is 0 Å². The molecule has 2 heterocycles. The van der Waals surface area contributed by atoms with Crippen molar-refractivity contribution >= 4 is 11.9 Å². The van der Waals surface area contributed by atoms with E-state index in [0.29, 0.717) is 25.7 Å². The number of carbonyl (C=O) groups is 2. The summed E-state index contributed by atoms with van der Waals surface area (Å²) in [6.45, 7) is 21.4. The summed E-state index contributed by atoms with van der Waals surface area (Å²) in [5.41, 5.74) is 1.85. The monoisotopic (exact) mass is 664 g/mol. The molecule has 0 amide bonds. The van der Waals surface area contributed by atoms with Crippen molar-refractivity contribution in [3.8, 4) is 0 Å². The van der Waals surface area contributed by atoms with Crippen molar-refractivity contribution in [2.75, 3.05) is 0 Å². The highest BCUT2D eigenvalue weighted by atomic mass is 16.7. The molecule has 266 valence electrons. The number of nitrogens with zero attached hydrogens (tertiary/aromatic N) is 2. The third-order valence-electron chi connectivity index (χ3n) is 10.1. The number of rotatable bonds is 13. The van der Waals surface area contributed by atoms with Crippen LogP contribution < -0.4 is 0 Å². The largest absolute Gasteiger partial charge is 0.462 e. The van der Waals surface area contributed by atoms with Crippen LogP contribution in [0.2, 0.25) is 0 Å². The molecule has 4 rings (SSSR count). The maximum absolute atomic E-state index is 13.2. The molecule has 0 aliphatic carbocycles. The molecule has 6 atom stereocenters. The van der Waals surface area contributed by atoms with Crippen LogP contribution >= 0.6 is 0 Å². The van der Waals surface area contributed by atoms with Crippen molar-refractivity contribution in [2.45, 2.75) is 149 Å². The molecule has 2 fully saturated rings. The van der Waals surface area contributed by atoms with E-state index in [1.807, 2.05) is 36.4 Å². The Balaban J connectivity index is 1.35. The predicted molar refractivity (Wildman–Crippen MR) is 188 cm³/mol. The zero-order chi connectivity index (χ0) is 35.2. The normalized spacial score (nSPS) is 26.4. The van der Waals surface area contributed by atoms with Crippen LogP contribution in [0.1, 0.15) is 125 Å². The Hall–Kier alpha value is -2.78. The molecule has 0 spiro atoms. The highest BCUT2D eigenvalue weighted by Crippen LogP contribution is 2.39. The van der Waals surface area contributed by atoms with E-state index < -0.39 is 18.4 Å². The van der Waals surface area contributed by atoms with Gasteiger partial charge in [-0.05, 0) is 56.6 Å². The fraction of sp³-hybridized carbons (Fsp3) is 0.650. The smallest absolute Gasteiger partial charge is 0.317 e. The lowest BCUT2D eigenvalue weighted by Crippen LogP contribution is -2.59. The van der Waals surface area contributed by atoms with E-state index in [0.717, 1.165) is 11.1 Å². The number of esters is 2. The molecular weight excluding hydrogens is 604 g/mol. The number of benzene rings is 2. The van der Waals surface area contributed by atoms with E-state index in [-0.39, 0.29) is 65.8 Å². The van der Waals surface area contributed by atoms with E-state index in [1.165, 1.54) is 0 Å². The van der Waals surface area contributed by atoms with E-state index >= 15 is 0 Å². The van der Waals surface area contributed by atoms with Gasteiger partial charge >= 0.3 is 11.9 Å². The second kappa shape index (κ2) is 16.8. The number of ether oxygens (including phenoxy) is 2. The molecule has 6 unspecified atom stereocenters. The van der Waals surface area contributed by atoms with Gasteiger partial charge < -0.3 is 9.47 Å². The molecule has 2 aromatic rings. The Kier molecular flexibility index (Phi) is 13.3. The van der Waals surface area contributed by atoms with Crippen molar-refractivity contribution in [3.05, 3.63) is 71.8 Å². The van der Waals surface area contributed by atoms with E-state index in [2.05, 4.69) is 104 Å². The SMILES string of the molecule is CC(ON1C(C(C)C)CC(OC(=O)CC(=O)OC2CC(C(C)C)N(OC(C)c3ccccc3)C(C)(C)C2)CC1C(C)C)c1ccccc1. The molecule has 8 heteroatoms. The Labute approximate surface area is 289 Å². The molecule has 0 aromatic heterocycles. The summed E-state index contributed by atoms with van der Waals surface area (Å²) in [5.74, 6) is -0.230. The van der Waals surface area contributed by atoms with Gasteiger partial charge in [0.15, 0.2) is 0 Å². The Morgan fingerprint density at radius 1 is 0.646 bits per heavy atom. The summed E-state index contributed by atoms with van der Waals surface area (Å²) in [7, 11) is 0. The van der Waals surface area contributed by atoms with Gasteiger partial charge in [0.25, 0.3) is 0 Å². The van der Waals surface area contributed by atoms with E-state index in [1.54, 1.807) is 0 Å². The minimum Gasteiger partial charge on any atom is -0.462 e. The second-order valence-electron chi connectivity index (χ2n) is 15.6. The fourth-order valence-electron chi connectivity index (χ4n) is 7.37. The summed E-state index contributed by atoms with van der Waals surface area (Å²) in [6, 6.07) is 20.6. The van der Waals surface area contributed by atoms with Crippen molar-refractivity contribution in [2.24, 2.45) is 17.8 Å². The highest BCUT2D eigenvalue weighted by molar-refractivity contribution is 5.91. The molecular formula is C40H60N2O6. The van der Waals surface area contributed by atoms with Gasteiger partial charge in [-0.2, -0.15) is 10.1 Å². The molecule has 0 bridgehead atoms. The maximum atomic E-state index is 13.2. The summed E-state index contributed by atoms with van der Waals surface area (Å²) in [5, 5.41) is 4.27. The first kappa shape index (κ1) is 38.0. The number of hydrogen-bond acceptors (Lipinski definition) is 8. The van der Waals surface area contributed by atoms with Crippen LogP contribution in [-0.4, -0.2) is 57.9 Å². The summed E-state index contributed by atoms with van der Waals surface area (Å²) >= 11 is 0. The van der Waals surface area contributed by atoms with Gasteiger partial charge in [0.05, 0.1) is 0 Å². The average molecular weight is 665 g/mol. The van der Waals surface area contributed by atoms with Crippen molar-refractivity contribution in [1.82, 2.24) is 10.1 Å². The zero-order valence-electron chi connectivity index (χ0n) is 30.9. The Morgan fingerprint density at radius 2 is 1.06 bits per heavy atom. The standard InChI is InChI=1S/C40H60N2O6/c1-26(2)35-21-33(22-36(27(3)4)41(35)47-29(7)31-17-13-11-14-18-31)45-38(43)24-39(44)46-34-23-37(28(5)6)42(40(9,10)25-34)48-30(8)32-19-15-12-16-20-32/h11-20,26-30,33-37H,21-25H2,1-10H3. The maximum Gasteiger partial charge on any atom is 0.317 e. The predicted octanol–water partition coefficient (Wildman–Crippen LogP) is 8.63. The van der Waals surface area contributed by atoms with Crippen LogP contribution in [-0.2, 0) is 28.7 Å². The molecule has 2 aromatic carbocycles. The zero-order valence-corrected chi connectivity index (χ0v) is 30.9. The molecule has 48 heavy (non-hydrogen) atoms. The number of carbonyl (C=O) groups excluding carboxylic acids is 2. The topological polar surface area (TPSA) is 77.5 Å². The minimum absolute atomic E-state index is 0.0441. The van der Waals surface area contributed by atoms with Gasteiger partial charge in [0, 0.05) is 49.3 Å². The van der Waals surface area contributed by atoms with Crippen LogP contribution in [0.15, 0.2) is 60.7 Å². The summed E-state index contributed by atoms with van der Waals surface area (Å²) < 4.78 is 12.0. The first-order chi connectivity index (χ1) is 22.7. The van der Waals surface area contributed by atoms with Crippen LogP contribution in [0.25, 0.3) is 0 Å². The lowest BCUT2D eigenvalue weighted by atomic mass is 9.82. The van der Waals surface area contributed by atoms with Crippen LogP contribution in [0.5, 0.6) is 0 Å². The van der Waals surface area contributed by atoms with Crippen molar-refractivity contribution in [1.29, 1.82) is 0 Å². The van der Waals surface area contributed by atoms with Crippen LogP contribution in [0, 0.1) is 17.8 Å². The third kappa shape index (κ3) is 9.90. The highest BCUT2D eigenvalue weighted by Gasteiger charge is 2.46. The summed E-state index contributed by atoms with van der Waals surface area (Å²) in [6.07, 6.45) is 1.30. The number of piperidine rings is 2. The first-order valence-corrected chi connectivity index (χ1v) is 18.1. The molecule has 0 radical (unpaired) electrons. The first-order valence-electron chi connectivity index (χ1n) is 18.1. The third-order valence-corrected chi connectivity index (χ3v) is 10.1. The Morgan fingerprint density at radius 3 is 1.52 bits per heavy atom. The molecule has 2 aliphatic heterocycles. The minimum atomic E-state index is -0.534. The molecule has 0 N–H and O–H groups in total. The molecule has 0 saturated carbocycles. The second-order valence-corrected chi connectivity index (χ2v) is 15.6. The van der Waals surface area contributed by atoms with Crippen molar-refractivity contribution in [3.63, 3.8) is 0 Å². The number of hydroxylamine groups is 4. The van der Waals surface area contributed by atoms with Gasteiger partial charge in [-0.3, -0.25) is 19.3 Å². The summed E-state index contributed by atoms with van der Waals surface area (Å²) in [4.78, 5) is 39.5. The molecule has 8 nitrogen and oxygen atoms in total. The lowest BCUT2D eigenvalue weighted by molar-refractivity contribution is -0.296. The average Bonchev–Trinajstić information content (AvgIpc) is 3.02. The van der Waals surface area contributed by atoms with E-state index in [4.69, 9.17) is 19.1 Å². The van der Waals surface area contributed by atoms with Gasteiger partial charge in [-0.1, -0.05) is 102 Å². The van der Waals surface area contributed by atoms with Gasteiger partial charge in [-0.15, -0.1) is 0 Å². The van der Waals surface area contributed by atoms with Gasteiger partial charge in [0.2, 0.25) is 0 Å². The van der Waals surface area contributed by atoms with Gasteiger partial charge in [-0.25, -0.2) is 0 Å². The van der Waals surface area contributed by atoms with Crippen LogP contribution in [0.3, 0.4) is 0 Å². The van der Waals surface area contributed by atoms with E-state index in [9.17, 15) is 9.59 Å². The lowest BCUT2D eigenvalue weighted by Gasteiger charge is -2.51. The fourth-order valence-corrected chi connectivity index (χ4v) is 7.37. The quantitative estimate of drug-likeness (QED) is 0.156. The number of hydrogen-bond donors (Lipinski definition) is 0. The van der Waals surface area contributed by atoms with Crippen molar-refractivity contribution < 1.29 is 28.7 Å². The molecule has 2 saturated heterocycles. The van der Waals surface area contributed by atoms with Gasteiger partial charge in [0.1, 0.15) is 30.8 Å². The molecule has 2 aliphatic rings.